The lowest BCUT2D eigenvalue weighted by atomic mass is 10.1. The minimum atomic E-state index is 0.185. The molecule has 1 N–H and O–H groups in total. The number of aromatic nitrogens is 2. The zero-order valence-electron chi connectivity index (χ0n) is 13.6. The average molecular weight is 326 g/mol. The molecule has 1 saturated heterocycles. The van der Waals surface area contributed by atoms with Crippen LogP contribution in [0.5, 0.6) is 5.75 Å². The van der Waals surface area contributed by atoms with Crippen LogP contribution in [0, 0.1) is 0 Å². The van der Waals surface area contributed by atoms with Gasteiger partial charge in [-0.1, -0.05) is 12.1 Å². The van der Waals surface area contributed by atoms with Gasteiger partial charge in [0.25, 0.3) is 0 Å². The first-order valence-electron chi connectivity index (χ1n) is 8.23. The second-order valence-corrected chi connectivity index (χ2v) is 6.02. The largest absolute Gasteiger partial charge is 0.508 e. The maximum absolute atomic E-state index is 12.3. The zero-order valence-corrected chi connectivity index (χ0v) is 13.6. The van der Waals surface area contributed by atoms with Crippen molar-refractivity contribution in [3.05, 3.63) is 54.1 Å². The van der Waals surface area contributed by atoms with Gasteiger partial charge in [-0.2, -0.15) is 0 Å². The van der Waals surface area contributed by atoms with Gasteiger partial charge in [-0.3, -0.25) is 19.7 Å². The number of rotatable bonds is 5. The van der Waals surface area contributed by atoms with Crippen molar-refractivity contribution < 1.29 is 9.90 Å². The minimum Gasteiger partial charge on any atom is -0.508 e. The van der Waals surface area contributed by atoms with Crippen LogP contribution in [0.1, 0.15) is 17.7 Å². The van der Waals surface area contributed by atoms with Crippen LogP contribution in [0.3, 0.4) is 0 Å². The SMILES string of the molecule is O=C(CCc1cnccn1)N1CCN(Cc2ccc(O)cc2)CC1. The van der Waals surface area contributed by atoms with E-state index in [2.05, 4.69) is 14.9 Å². The first kappa shape index (κ1) is 16.4. The van der Waals surface area contributed by atoms with E-state index < -0.39 is 0 Å². The average Bonchev–Trinajstić information content (AvgIpc) is 2.63. The summed E-state index contributed by atoms with van der Waals surface area (Å²) in [6.45, 7) is 4.12. The first-order chi connectivity index (χ1) is 11.7. The number of amides is 1. The molecular formula is C18H22N4O2. The van der Waals surface area contributed by atoms with E-state index in [9.17, 15) is 9.90 Å². The van der Waals surface area contributed by atoms with Gasteiger partial charge in [0.15, 0.2) is 0 Å². The van der Waals surface area contributed by atoms with E-state index in [-0.39, 0.29) is 11.7 Å². The molecule has 2 aromatic rings. The van der Waals surface area contributed by atoms with Crippen LogP contribution >= 0.6 is 0 Å². The Morgan fingerprint density at radius 1 is 1.08 bits per heavy atom. The van der Waals surface area contributed by atoms with E-state index in [1.165, 1.54) is 5.56 Å². The molecule has 24 heavy (non-hydrogen) atoms. The zero-order chi connectivity index (χ0) is 16.8. The Bertz CT molecular complexity index is 652. The van der Waals surface area contributed by atoms with E-state index in [1.807, 2.05) is 17.0 Å². The molecule has 1 aromatic carbocycles. The number of carbonyl (C=O) groups is 1. The van der Waals surface area contributed by atoms with Crippen molar-refractivity contribution >= 4 is 5.91 Å². The molecule has 0 spiro atoms. The van der Waals surface area contributed by atoms with Gasteiger partial charge in [0.2, 0.25) is 5.91 Å². The van der Waals surface area contributed by atoms with Crippen LogP contribution in [0.25, 0.3) is 0 Å². The molecule has 0 radical (unpaired) electrons. The Morgan fingerprint density at radius 3 is 2.50 bits per heavy atom. The Labute approximate surface area is 141 Å². The highest BCUT2D eigenvalue weighted by Crippen LogP contribution is 2.13. The summed E-state index contributed by atoms with van der Waals surface area (Å²) < 4.78 is 0. The highest BCUT2D eigenvalue weighted by molar-refractivity contribution is 5.76. The lowest BCUT2D eigenvalue weighted by molar-refractivity contribution is -0.133. The van der Waals surface area contributed by atoms with Gasteiger partial charge in [-0.15, -0.1) is 0 Å². The monoisotopic (exact) mass is 326 g/mol. The molecule has 0 atom stereocenters. The highest BCUT2D eigenvalue weighted by atomic mass is 16.3. The van der Waals surface area contributed by atoms with Crippen LogP contribution in [0.2, 0.25) is 0 Å². The van der Waals surface area contributed by atoms with Crippen molar-refractivity contribution in [3.63, 3.8) is 0 Å². The molecule has 0 unspecified atom stereocenters. The molecule has 3 rings (SSSR count). The molecule has 1 fully saturated rings. The minimum absolute atomic E-state index is 0.185. The fourth-order valence-electron chi connectivity index (χ4n) is 2.87. The van der Waals surface area contributed by atoms with Crippen molar-refractivity contribution in [1.29, 1.82) is 0 Å². The van der Waals surface area contributed by atoms with E-state index in [1.54, 1.807) is 30.7 Å². The molecule has 6 nitrogen and oxygen atoms in total. The first-order valence-corrected chi connectivity index (χ1v) is 8.23. The number of carbonyl (C=O) groups excluding carboxylic acids is 1. The molecule has 0 aliphatic carbocycles. The van der Waals surface area contributed by atoms with E-state index in [4.69, 9.17) is 0 Å². The van der Waals surface area contributed by atoms with Crippen LogP contribution in [-0.2, 0) is 17.8 Å². The number of aryl methyl sites for hydroxylation is 1. The van der Waals surface area contributed by atoms with Gasteiger partial charge in [0.05, 0.1) is 5.69 Å². The third-order valence-electron chi connectivity index (χ3n) is 4.28. The second kappa shape index (κ2) is 7.88. The topological polar surface area (TPSA) is 69.6 Å². The van der Waals surface area contributed by atoms with Gasteiger partial charge >= 0.3 is 0 Å². The van der Waals surface area contributed by atoms with Crippen molar-refractivity contribution in [2.24, 2.45) is 0 Å². The number of benzene rings is 1. The van der Waals surface area contributed by atoms with Crippen molar-refractivity contribution in [2.45, 2.75) is 19.4 Å². The summed E-state index contributed by atoms with van der Waals surface area (Å²) in [4.78, 5) is 24.8. The Hall–Kier alpha value is -2.47. The van der Waals surface area contributed by atoms with Gasteiger partial charge < -0.3 is 10.0 Å². The summed E-state index contributed by atoms with van der Waals surface area (Å²) in [7, 11) is 0. The Kier molecular flexibility index (Phi) is 5.38. The number of hydrogen-bond acceptors (Lipinski definition) is 5. The third kappa shape index (κ3) is 4.52. The molecule has 1 amide bonds. The smallest absolute Gasteiger partial charge is 0.223 e. The molecule has 126 valence electrons. The normalized spacial score (nSPS) is 15.4. The molecule has 0 bridgehead atoms. The predicted molar refractivity (Wildman–Crippen MR) is 90.3 cm³/mol. The number of nitrogens with zero attached hydrogens (tertiary/aromatic N) is 4. The summed E-state index contributed by atoms with van der Waals surface area (Å²) >= 11 is 0. The van der Waals surface area contributed by atoms with Gasteiger partial charge in [-0.05, 0) is 24.1 Å². The fraction of sp³-hybridized carbons (Fsp3) is 0.389. The third-order valence-corrected chi connectivity index (χ3v) is 4.28. The molecule has 1 aliphatic rings. The highest BCUT2D eigenvalue weighted by Gasteiger charge is 2.20. The van der Waals surface area contributed by atoms with Crippen molar-refractivity contribution in [2.75, 3.05) is 26.2 Å². The number of hydrogen-bond donors (Lipinski definition) is 1. The molecule has 0 saturated carbocycles. The van der Waals surface area contributed by atoms with Crippen LogP contribution in [0.15, 0.2) is 42.9 Å². The van der Waals surface area contributed by atoms with Crippen LogP contribution < -0.4 is 0 Å². The van der Waals surface area contributed by atoms with Crippen LogP contribution in [0.4, 0.5) is 0 Å². The predicted octanol–water partition coefficient (Wildman–Crippen LogP) is 1.46. The van der Waals surface area contributed by atoms with Crippen molar-refractivity contribution in [1.82, 2.24) is 19.8 Å². The Balaban J connectivity index is 1.42. The number of aromatic hydroxyl groups is 1. The van der Waals surface area contributed by atoms with Gasteiger partial charge in [0.1, 0.15) is 5.75 Å². The number of phenolic OH excluding ortho intramolecular Hbond substituents is 1. The number of phenols is 1. The maximum atomic E-state index is 12.3. The summed E-state index contributed by atoms with van der Waals surface area (Å²) in [5.74, 6) is 0.474. The molecular weight excluding hydrogens is 304 g/mol. The Morgan fingerprint density at radius 2 is 1.83 bits per heavy atom. The molecule has 1 aliphatic heterocycles. The van der Waals surface area contributed by atoms with E-state index in [0.717, 1.165) is 38.4 Å². The number of piperazine rings is 1. The fourth-order valence-corrected chi connectivity index (χ4v) is 2.87. The van der Waals surface area contributed by atoms with Crippen molar-refractivity contribution in [3.8, 4) is 5.75 Å². The molecule has 2 heterocycles. The lowest BCUT2D eigenvalue weighted by Crippen LogP contribution is -2.48. The standard InChI is InChI=1S/C18H22N4O2/c23-17-4-1-15(2-5-17)14-21-9-11-22(12-10-21)18(24)6-3-16-13-19-7-8-20-16/h1-2,4-5,7-8,13,23H,3,6,9-12,14H2. The summed E-state index contributed by atoms with van der Waals surface area (Å²) in [6, 6.07) is 7.30. The summed E-state index contributed by atoms with van der Waals surface area (Å²) in [6.07, 6.45) is 6.13. The molecule has 6 heteroatoms. The summed E-state index contributed by atoms with van der Waals surface area (Å²) in [5, 5.41) is 9.33. The lowest BCUT2D eigenvalue weighted by Gasteiger charge is -2.34. The second-order valence-electron chi connectivity index (χ2n) is 6.02. The van der Waals surface area contributed by atoms with E-state index in [0.29, 0.717) is 12.8 Å². The van der Waals surface area contributed by atoms with Gasteiger partial charge in [-0.25, -0.2) is 0 Å². The summed E-state index contributed by atoms with van der Waals surface area (Å²) in [5.41, 5.74) is 2.03. The van der Waals surface area contributed by atoms with E-state index >= 15 is 0 Å². The van der Waals surface area contributed by atoms with Gasteiger partial charge in [0, 0.05) is 57.7 Å². The van der Waals surface area contributed by atoms with Crippen LogP contribution in [-0.4, -0.2) is 57.0 Å². The maximum Gasteiger partial charge on any atom is 0.223 e. The quantitative estimate of drug-likeness (QED) is 0.901. The molecule has 1 aromatic heterocycles.